The van der Waals surface area contributed by atoms with E-state index in [-0.39, 0.29) is 23.1 Å². The van der Waals surface area contributed by atoms with Crippen molar-refractivity contribution in [3.8, 4) is 0 Å². The van der Waals surface area contributed by atoms with E-state index in [2.05, 4.69) is 0 Å². The molecule has 0 spiro atoms. The molecule has 0 unspecified atom stereocenters. The lowest BCUT2D eigenvalue weighted by molar-refractivity contribution is -0.115. The van der Waals surface area contributed by atoms with Crippen LogP contribution < -0.4 is 0 Å². The summed E-state index contributed by atoms with van der Waals surface area (Å²) in [5, 5.41) is 0. The Balaban J connectivity index is 1.41. The first kappa shape index (κ1) is 29.8. The van der Waals surface area contributed by atoms with Crippen LogP contribution in [0.4, 0.5) is 0 Å². The Kier molecular flexibility index (Phi) is 7.85. The van der Waals surface area contributed by atoms with Crippen LogP contribution in [0.3, 0.4) is 0 Å². The molecule has 0 bridgehead atoms. The normalized spacial score (nSPS) is 14.7. The molecule has 0 saturated heterocycles. The van der Waals surface area contributed by atoms with Crippen molar-refractivity contribution in [2.24, 2.45) is 0 Å². The average Bonchev–Trinajstić information content (AvgIpc) is 3.63. The predicted octanol–water partition coefficient (Wildman–Crippen LogP) is 10.2. The molecule has 3 heteroatoms. The van der Waals surface area contributed by atoms with E-state index in [1.54, 1.807) is 0 Å². The predicted molar refractivity (Wildman–Crippen MR) is 197 cm³/mol. The summed E-state index contributed by atoms with van der Waals surface area (Å²) in [5.74, 6) is -0.290. The summed E-state index contributed by atoms with van der Waals surface area (Å²) in [6, 6.07) is 58.8. The topological polar surface area (TPSA) is 43.4 Å². The number of hydrogen-bond donors (Lipinski definition) is 0. The Morgan fingerprint density at radius 1 is 0.245 bits per heavy atom. The van der Waals surface area contributed by atoms with Gasteiger partial charge < -0.3 is 4.74 Å². The molecule has 0 amide bonds. The molecule has 2 aliphatic rings. The third-order valence-electron chi connectivity index (χ3n) is 8.90. The molecule has 8 rings (SSSR count). The summed E-state index contributed by atoms with van der Waals surface area (Å²) in [5.41, 5.74) is 8.88. The zero-order valence-electron chi connectivity index (χ0n) is 26.5. The lowest BCUT2D eigenvalue weighted by atomic mass is 9.90. The van der Waals surface area contributed by atoms with E-state index < -0.39 is 0 Å². The van der Waals surface area contributed by atoms with Crippen molar-refractivity contribution in [3.05, 3.63) is 227 Å². The Bertz CT molecular complexity index is 2150. The number of allylic oxidation sites excluding steroid dienone is 6. The van der Waals surface area contributed by atoms with Gasteiger partial charge in [-0.3, -0.25) is 9.59 Å². The van der Waals surface area contributed by atoms with Gasteiger partial charge in [-0.25, -0.2) is 0 Å². The number of ketones is 2. The maximum absolute atomic E-state index is 14.9. The molecule has 0 atom stereocenters. The maximum Gasteiger partial charge on any atom is 0.230 e. The second-order valence-corrected chi connectivity index (χ2v) is 11.9. The SMILES string of the molecule is O=C1C(OC2=C(c3ccccc3)C(c3ccccc3)=C(c3ccccc3)C2=O)=C(c2ccccc2)C(c2ccccc2)=C1c1ccccc1. The highest BCUT2D eigenvalue weighted by Crippen LogP contribution is 2.51. The third-order valence-corrected chi connectivity index (χ3v) is 8.90. The largest absolute Gasteiger partial charge is 0.448 e. The van der Waals surface area contributed by atoms with E-state index in [4.69, 9.17) is 4.74 Å². The number of Topliss-reactive ketones (excluding diaryl/α,β-unsaturated/α-hetero) is 2. The van der Waals surface area contributed by atoms with Gasteiger partial charge in [0.1, 0.15) is 0 Å². The minimum atomic E-state index is -0.272. The highest BCUT2D eigenvalue weighted by molar-refractivity contribution is 6.49. The van der Waals surface area contributed by atoms with Gasteiger partial charge in [0.15, 0.2) is 11.5 Å². The summed E-state index contributed by atoms with van der Waals surface area (Å²) >= 11 is 0. The van der Waals surface area contributed by atoms with Gasteiger partial charge in [0, 0.05) is 33.4 Å². The van der Waals surface area contributed by atoms with E-state index in [1.807, 2.05) is 182 Å². The zero-order valence-corrected chi connectivity index (χ0v) is 26.5. The molecule has 6 aromatic carbocycles. The number of carbonyl (C=O) groups is 2. The summed E-state index contributed by atoms with van der Waals surface area (Å²) < 4.78 is 6.91. The van der Waals surface area contributed by atoms with Crippen molar-refractivity contribution in [2.45, 2.75) is 0 Å². The first-order valence-electron chi connectivity index (χ1n) is 16.3. The van der Waals surface area contributed by atoms with Crippen LogP contribution in [0, 0.1) is 0 Å². The number of hydrogen-bond acceptors (Lipinski definition) is 3. The van der Waals surface area contributed by atoms with Crippen molar-refractivity contribution in [3.63, 3.8) is 0 Å². The number of ether oxygens (including phenoxy) is 1. The highest BCUT2D eigenvalue weighted by atomic mass is 16.5. The van der Waals surface area contributed by atoms with Crippen LogP contribution in [-0.4, -0.2) is 11.6 Å². The van der Waals surface area contributed by atoms with Crippen LogP contribution in [0.5, 0.6) is 0 Å². The van der Waals surface area contributed by atoms with E-state index in [0.29, 0.717) is 22.3 Å². The molecule has 0 aliphatic heterocycles. The Morgan fingerprint density at radius 3 is 0.694 bits per heavy atom. The smallest absolute Gasteiger partial charge is 0.230 e. The van der Waals surface area contributed by atoms with Gasteiger partial charge in [0.05, 0.1) is 0 Å². The second-order valence-electron chi connectivity index (χ2n) is 11.9. The molecular weight excluding hydrogens is 601 g/mol. The summed E-state index contributed by atoms with van der Waals surface area (Å²) in [6.07, 6.45) is 0. The van der Waals surface area contributed by atoms with Gasteiger partial charge in [-0.15, -0.1) is 0 Å². The number of rotatable bonds is 8. The first-order chi connectivity index (χ1) is 24.2. The molecule has 3 nitrogen and oxygen atoms in total. The van der Waals surface area contributed by atoms with Crippen molar-refractivity contribution in [2.75, 3.05) is 0 Å². The van der Waals surface area contributed by atoms with Gasteiger partial charge in [0.2, 0.25) is 11.6 Å². The summed E-state index contributed by atoms with van der Waals surface area (Å²) in [7, 11) is 0. The lowest BCUT2D eigenvalue weighted by Gasteiger charge is -2.15. The Labute approximate surface area is 285 Å². The Morgan fingerprint density at radius 2 is 0.449 bits per heavy atom. The quantitative estimate of drug-likeness (QED) is 0.168. The van der Waals surface area contributed by atoms with Gasteiger partial charge in [-0.05, 0) is 33.4 Å². The summed E-state index contributed by atoms with van der Waals surface area (Å²) in [6.45, 7) is 0. The average molecular weight is 631 g/mol. The molecule has 0 radical (unpaired) electrons. The molecule has 232 valence electrons. The van der Waals surface area contributed by atoms with Crippen LogP contribution in [0.2, 0.25) is 0 Å². The Hall–Kier alpha value is -6.58. The number of carbonyl (C=O) groups excluding carboxylic acids is 2. The molecule has 49 heavy (non-hydrogen) atoms. The van der Waals surface area contributed by atoms with Gasteiger partial charge in [-0.1, -0.05) is 182 Å². The molecular formula is C46H30O3. The van der Waals surface area contributed by atoms with E-state index in [1.165, 1.54) is 0 Å². The number of benzene rings is 6. The van der Waals surface area contributed by atoms with Crippen molar-refractivity contribution < 1.29 is 14.3 Å². The van der Waals surface area contributed by atoms with E-state index in [0.717, 1.165) is 44.5 Å². The minimum Gasteiger partial charge on any atom is -0.448 e. The lowest BCUT2D eigenvalue weighted by Crippen LogP contribution is -2.11. The molecule has 0 N–H and O–H groups in total. The van der Waals surface area contributed by atoms with Crippen LogP contribution in [-0.2, 0) is 14.3 Å². The standard InChI is InChI=1S/C46H30O3/c47-43-39(33-23-11-3-12-24-33)37(31-19-7-1-8-20-31)41(35-27-15-5-16-28-35)45(43)49-46-42(36-29-17-6-18-30-36)38(32-21-9-2-10-22-32)40(44(46)48)34-25-13-4-14-26-34/h1-30H. The van der Waals surface area contributed by atoms with Crippen LogP contribution in [0.25, 0.3) is 33.4 Å². The molecule has 0 saturated carbocycles. The van der Waals surface area contributed by atoms with Crippen molar-refractivity contribution in [1.82, 2.24) is 0 Å². The van der Waals surface area contributed by atoms with Crippen LogP contribution >= 0.6 is 0 Å². The monoisotopic (exact) mass is 630 g/mol. The van der Waals surface area contributed by atoms with Crippen LogP contribution in [0.15, 0.2) is 194 Å². The maximum atomic E-state index is 14.9. The minimum absolute atomic E-state index is 0.127. The molecule has 2 aliphatic carbocycles. The van der Waals surface area contributed by atoms with E-state index >= 15 is 0 Å². The fourth-order valence-corrected chi connectivity index (χ4v) is 6.76. The summed E-state index contributed by atoms with van der Waals surface area (Å²) in [4.78, 5) is 29.9. The van der Waals surface area contributed by atoms with Crippen LogP contribution in [0.1, 0.15) is 33.4 Å². The van der Waals surface area contributed by atoms with Crippen molar-refractivity contribution >= 4 is 45.0 Å². The van der Waals surface area contributed by atoms with Crippen molar-refractivity contribution in [1.29, 1.82) is 0 Å². The first-order valence-corrected chi connectivity index (χ1v) is 16.3. The highest BCUT2D eigenvalue weighted by Gasteiger charge is 2.42. The van der Waals surface area contributed by atoms with Gasteiger partial charge in [-0.2, -0.15) is 0 Å². The molecule has 0 aromatic heterocycles. The second kappa shape index (κ2) is 12.9. The van der Waals surface area contributed by atoms with E-state index in [9.17, 15) is 9.59 Å². The molecule has 0 heterocycles. The zero-order chi connectivity index (χ0) is 33.2. The third kappa shape index (κ3) is 5.38. The fraction of sp³-hybridized carbons (Fsp3) is 0. The molecule has 6 aromatic rings. The van der Waals surface area contributed by atoms with Gasteiger partial charge >= 0.3 is 0 Å². The molecule has 0 fully saturated rings. The fourth-order valence-electron chi connectivity index (χ4n) is 6.76. The van der Waals surface area contributed by atoms with Gasteiger partial charge in [0.25, 0.3) is 0 Å².